The molecule has 0 radical (unpaired) electrons. The molecule has 1 amide bonds. The number of nitrogens with zero attached hydrogens (tertiary/aromatic N) is 1. The zero-order valence-corrected chi connectivity index (χ0v) is 12.8. The minimum atomic E-state index is -0.462. The van der Waals surface area contributed by atoms with Crippen LogP contribution < -0.4 is 11.1 Å². The molecule has 2 rings (SSSR count). The van der Waals surface area contributed by atoms with E-state index in [1.165, 1.54) is 0 Å². The molecule has 0 spiro atoms. The van der Waals surface area contributed by atoms with Crippen molar-refractivity contribution in [2.24, 2.45) is 5.73 Å². The van der Waals surface area contributed by atoms with Crippen molar-refractivity contribution >= 4 is 41.6 Å². The lowest BCUT2D eigenvalue weighted by Crippen LogP contribution is -2.39. The smallest absolute Gasteiger partial charge is 0.236 e. The van der Waals surface area contributed by atoms with E-state index < -0.39 is 6.04 Å². The van der Waals surface area contributed by atoms with Gasteiger partial charge >= 0.3 is 0 Å². The minimum Gasteiger partial charge on any atom is -0.354 e. The molecule has 1 aromatic carbocycles. The number of nitrogens with two attached hydrogens (primary N) is 1. The van der Waals surface area contributed by atoms with Gasteiger partial charge in [-0.3, -0.25) is 9.78 Å². The highest BCUT2D eigenvalue weighted by Crippen LogP contribution is 2.15. The summed E-state index contributed by atoms with van der Waals surface area (Å²) in [7, 11) is 0. The third kappa shape index (κ3) is 4.63. The number of pyridine rings is 1. The molecule has 0 aliphatic heterocycles. The van der Waals surface area contributed by atoms with Gasteiger partial charge in [0.25, 0.3) is 0 Å². The Hall–Kier alpha value is -1.36. The van der Waals surface area contributed by atoms with Crippen molar-refractivity contribution < 1.29 is 4.79 Å². The first-order chi connectivity index (χ1) is 8.68. The van der Waals surface area contributed by atoms with Crippen LogP contribution in [-0.2, 0) is 11.2 Å². The fourth-order valence-corrected chi connectivity index (χ4v) is 1.85. The first-order valence-electron chi connectivity index (χ1n) is 6.04. The van der Waals surface area contributed by atoms with Crippen molar-refractivity contribution in [2.45, 2.75) is 19.4 Å². The number of halogens is 2. The van der Waals surface area contributed by atoms with Crippen molar-refractivity contribution in [1.29, 1.82) is 0 Å². The molecular weight excluding hydrogens is 297 g/mol. The number of carbonyl (C=O) groups is 1. The van der Waals surface area contributed by atoms with E-state index in [1.807, 2.05) is 30.3 Å². The van der Waals surface area contributed by atoms with Crippen LogP contribution in [0.4, 0.5) is 0 Å². The third-order valence-electron chi connectivity index (χ3n) is 2.82. The number of para-hydroxylation sites is 1. The summed E-state index contributed by atoms with van der Waals surface area (Å²) in [5, 5.41) is 3.92. The molecule has 20 heavy (non-hydrogen) atoms. The number of hydrogen-bond donors (Lipinski definition) is 2. The molecule has 3 N–H and O–H groups in total. The fourth-order valence-electron chi connectivity index (χ4n) is 1.85. The fraction of sp³-hybridized carbons (Fsp3) is 0.286. The van der Waals surface area contributed by atoms with E-state index in [4.69, 9.17) is 5.73 Å². The monoisotopic (exact) mass is 315 g/mol. The Morgan fingerprint density at radius 1 is 1.30 bits per heavy atom. The molecule has 1 aromatic heterocycles. The Bertz CT molecular complexity index is 556. The second-order valence-corrected chi connectivity index (χ2v) is 4.32. The number of carbonyl (C=O) groups excluding carboxylic acids is 1. The van der Waals surface area contributed by atoms with Crippen LogP contribution in [0.5, 0.6) is 0 Å². The number of fused-ring (bicyclic) bond motifs is 1. The Labute approximate surface area is 131 Å². The predicted molar refractivity (Wildman–Crippen MR) is 86.6 cm³/mol. The summed E-state index contributed by atoms with van der Waals surface area (Å²) in [5.74, 6) is -0.122. The van der Waals surface area contributed by atoms with Crippen molar-refractivity contribution in [1.82, 2.24) is 10.3 Å². The summed E-state index contributed by atoms with van der Waals surface area (Å²) < 4.78 is 0. The number of benzene rings is 1. The summed E-state index contributed by atoms with van der Waals surface area (Å²) in [4.78, 5) is 15.7. The number of rotatable bonds is 4. The zero-order valence-electron chi connectivity index (χ0n) is 11.2. The van der Waals surface area contributed by atoms with Crippen LogP contribution in [0.15, 0.2) is 36.5 Å². The lowest BCUT2D eigenvalue weighted by atomic mass is 10.1. The number of nitrogens with one attached hydrogen (secondary N) is 1. The highest BCUT2D eigenvalue weighted by Gasteiger charge is 2.06. The number of amides is 1. The molecule has 1 heterocycles. The van der Waals surface area contributed by atoms with Crippen LogP contribution in [0.25, 0.3) is 10.9 Å². The summed E-state index contributed by atoms with van der Waals surface area (Å²) >= 11 is 0. The van der Waals surface area contributed by atoms with Crippen LogP contribution in [-0.4, -0.2) is 23.5 Å². The van der Waals surface area contributed by atoms with Crippen LogP contribution in [0, 0.1) is 0 Å². The second kappa shape index (κ2) is 8.74. The molecule has 0 aliphatic rings. The molecule has 6 heteroatoms. The molecule has 0 aliphatic carbocycles. The highest BCUT2D eigenvalue weighted by atomic mass is 35.5. The van der Waals surface area contributed by atoms with Gasteiger partial charge in [-0.25, -0.2) is 0 Å². The lowest BCUT2D eigenvalue weighted by Gasteiger charge is -2.09. The first kappa shape index (κ1) is 18.6. The van der Waals surface area contributed by atoms with Crippen LogP contribution in [0.1, 0.15) is 12.5 Å². The Balaban J connectivity index is 0.00000180. The molecule has 1 atom stereocenters. The molecule has 0 saturated carbocycles. The van der Waals surface area contributed by atoms with E-state index in [1.54, 1.807) is 13.1 Å². The zero-order chi connectivity index (χ0) is 13.0. The SMILES string of the molecule is C[C@@H](N)C(=O)NCCc1cccc2cccnc12.Cl.Cl. The molecule has 0 fully saturated rings. The van der Waals surface area contributed by atoms with Gasteiger partial charge in [0.05, 0.1) is 11.6 Å². The van der Waals surface area contributed by atoms with Crippen LogP contribution >= 0.6 is 24.8 Å². The van der Waals surface area contributed by atoms with Gasteiger partial charge in [0, 0.05) is 18.1 Å². The van der Waals surface area contributed by atoms with Crippen molar-refractivity contribution in [3.63, 3.8) is 0 Å². The average Bonchev–Trinajstić information content (AvgIpc) is 2.38. The Kier molecular flexibility index (Phi) is 8.15. The van der Waals surface area contributed by atoms with Gasteiger partial charge in [0.15, 0.2) is 0 Å². The number of aromatic nitrogens is 1. The molecule has 2 aromatic rings. The van der Waals surface area contributed by atoms with Gasteiger partial charge in [-0.1, -0.05) is 24.3 Å². The molecule has 4 nitrogen and oxygen atoms in total. The van der Waals surface area contributed by atoms with Crippen molar-refractivity contribution in [2.75, 3.05) is 6.54 Å². The first-order valence-corrected chi connectivity index (χ1v) is 6.04. The van der Waals surface area contributed by atoms with E-state index in [0.717, 1.165) is 22.9 Å². The number of hydrogen-bond acceptors (Lipinski definition) is 3. The standard InChI is InChI=1S/C14H17N3O.2ClH/c1-10(15)14(18)17-9-7-12-5-2-4-11-6-3-8-16-13(11)12;;/h2-6,8,10H,7,9,15H2,1H3,(H,17,18);2*1H/t10-;;/m1../s1. The lowest BCUT2D eigenvalue weighted by molar-refractivity contribution is -0.121. The molecule has 0 bridgehead atoms. The quantitative estimate of drug-likeness (QED) is 0.907. The maximum absolute atomic E-state index is 11.3. The normalized spacial score (nSPS) is 11.1. The molecular formula is C14H19Cl2N3O. The van der Waals surface area contributed by atoms with E-state index in [2.05, 4.69) is 10.3 Å². The average molecular weight is 316 g/mol. The van der Waals surface area contributed by atoms with Gasteiger partial charge in [-0.2, -0.15) is 0 Å². The second-order valence-electron chi connectivity index (χ2n) is 4.32. The predicted octanol–water partition coefficient (Wildman–Crippen LogP) is 2.08. The highest BCUT2D eigenvalue weighted by molar-refractivity contribution is 5.85. The summed E-state index contributed by atoms with van der Waals surface area (Å²) in [5.41, 5.74) is 7.61. The van der Waals surface area contributed by atoms with Gasteiger partial charge in [-0.05, 0) is 25.0 Å². The van der Waals surface area contributed by atoms with Gasteiger partial charge < -0.3 is 11.1 Å². The van der Waals surface area contributed by atoms with Crippen molar-refractivity contribution in [3.8, 4) is 0 Å². The third-order valence-corrected chi connectivity index (χ3v) is 2.82. The van der Waals surface area contributed by atoms with Gasteiger partial charge in [-0.15, -0.1) is 24.8 Å². The van der Waals surface area contributed by atoms with E-state index in [-0.39, 0.29) is 30.7 Å². The van der Waals surface area contributed by atoms with E-state index in [9.17, 15) is 4.79 Å². The summed E-state index contributed by atoms with van der Waals surface area (Å²) in [6.07, 6.45) is 2.54. The summed E-state index contributed by atoms with van der Waals surface area (Å²) in [6.45, 7) is 2.25. The molecule has 0 unspecified atom stereocenters. The topological polar surface area (TPSA) is 68.0 Å². The molecule has 0 saturated heterocycles. The van der Waals surface area contributed by atoms with Gasteiger partial charge in [0.2, 0.25) is 5.91 Å². The van der Waals surface area contributed by atoms with E-state index in [0.29, 0.717) is 6.54 Å². The molecule has 110 valence electrons. The van der Waals surface area contributed by atoms with E-state index >= 15 is 0 Å². The minimum absolute atomic E-state index is 0. The van der Waals surface area contributed by atoms with Crippen molar-refractivity contribution in [3.05, 3.63) is 42.1 Å². The van der Waals surface area contributed by atoms with Crippen LogP contribution in [0.2, 0.25) is 0 Å². The maximum Gasteiger partial charge on any atom is 0.236 e. The Morgan fingerprint density at radius 2 is 2.00 bits per heavy atom. The largest absolute Gasteiger partial charge is 0.354 e. The maximum atomic E-state index is 11.3. The van der Waals surface area contributed by atoms with Gasteiger partial charge in [0.1, 0.15) is 0 Å². The summed E-state index contributed by atoms with van der Waals surface area (Å²) in [6, 6.07) is 9.57. The Morgan fingerprint density at radius 3 is 2.70 bits per heavy atom. The van der Waals surface area contributed by atoms with Crippen LogP contribution in [0.3, 0.4) is 0 Å².